The Bertz CT molecular complexity index is 973. The van der Waals surface area contributed by atoms with E-state index >= 15 is 0 Å². The third kappa shape index (κ3) is 2.73. The molecule has 0 amide bonds. The molecule has 1 saturated carbocycles. The number of phenols is 1. The van der Waals surface area contributed by atoms with Crippen molar-refractivity contribution in [1.82, 2.24) is 4.90 Å². The highest BCUT2D eigenvalue weighted by Crippen LogP contribution is 2.57. The van der Waals surface area contributed by atoms with Gasteiger partial charge >= 0.3 is 5.97 Å². The topological polar surface area (TPSA) is 49.8 Å². The van der Waals surface area contributed by atoms with Gasteiger partial charge in [0.1, 0.15) is 5.75 Å². The van der Waals surface area contributed by atoms with Crippen molar-refractivity contribution >= 4 is 5.97 Å². The maximum absolute atomic E-state index is 12.8. The van der Waals surface area contributed by atoms with Gasteiger partial charge in [-0.2, -0.15) is 0 Å². The Labute approximate surface area is 178 Å². The van der Waals surface area contributed by atoms with Crippen molar-refractivity contribution in [2.45, 2.75) is 50.0 Å². The van der Waals surface area contributed by atoms with Gasteiger partial charge in [-0.25, -0.2) is 0 Å². The van der Waals surface area contributed by atoms with E-state index in [1.165, 1.54) is 18.2 Å². The minimum absolute atomic E-state index is 0.0932. The molecule has 0 radical (unpaired) electrons. The van der Waals surface area contributed by atoms with Crippen LogP contribution in [0.1, 0.15) is 43.4 Å². The lowest BCUT2D eigenvalue weighted by Gasteiger charge is -2.54. The first kappa shape index (κ1) is 19.6. The number of esters is 1. The van der Waals surface area contributed by atoms with Crippen LogP contribution in [0.15, 0.2) is 48.5 Å². The molecule has 1 heterocycles. The van der Waals surface area contributed by atoms with E-state index in [-0.39, 0.29) is 11.4 Å². The highest BCUT2D eigenvalue weighted by atomic mass is 16.5. The number of likely N-dealkylation sites (tertiary alicyclic amines) is 1. The fourth-order valence-electron chi connectivity index (χ4n) is 6.39. The van der Waals surface area contributed by atoms with Crippen LogP contribution >= 0.6 is 0 Å². The summed E-state index contributed by atoms with van der Waals surface area (Å²) in [6.45, 7) is 6.69. The van der Waals surface area contributed by atoms with E-state index in [1.54, 1.807) is 0 Å². The van der Waals surface area contributed by atoms with Gasteiger partial charge in [0.05, 0.1) is 12.5 Å². The minimum Gasteiger partial charge on any atom is -0.508 e. The molecule has 1 saturated heterocycles. The molecule has 2 aromatic rings. The Morgan fingerprint density at radius 2 is 2.00 bits per heavy atom. The summed E-state index contributed by atoms with van der Waals surface area (Å²) >= 11 is 0. The predicted molar refractivity (Wildman–Crippen MR) is 117 cm³/mol. The number of piperidine rings is 1. The molecule has 4 heteroatoms. The second-order valence-electron chi connectivity index (χ2n) is 9.79. The predicted octanol–water partition coefficient (Wildman–Crippen LogP) is 4.05. The number of hydrogen-bond donors (Lipinski definition) is 1. The van der Waals surface area contributed by atoms with Crippen molar-refractivity contribution in [3.05, 3.63) is 65.2 Å². The van der Waals surface area contributed by atoms with Gasteiger partial charge in [-0.05, 0) is 71.9 Å². The number of nitrogens with zero attached hydrogens (tertiary/aromatic N) is 1. The summed E-state index contributed by atoms with van der Waals surface area (Å²) in [5.41, 5.74) is 3.38. The Morgan fingerprint density at radius 1 is 1.23 bits per heavy atom. The number of carbonyl (C=O) groups excluding carboxylic acids is 1. The first-order chi connectivity index (χ1) is 14.4. The molecule has 1 N–H and O–H groups in total. The van der Waals surface area contributed by atoms with Crippen LogP contribution in [0.2, 0.25) is 0 Å². The largest absolute Gasteiger partial charge is 0.508 e. The van der Waals surface area contributed by atoms with Crippen LogP contribution in [0.4, 0.5) is 0 Å². The molecule has 4 nitrogen and oxygen atoms in total. The van der Waals surface area contributed by atoms with E-state index in [0.717, 1.165) is 37.9 Å². The molecule has 3 aliphatic rings. The number of aromatic hydroxyl groups is 1. The summed E-state index contributed by atoms with van der Waals surface area (Å²) in [4.78, 5) is 15.4. The summed E-state index contributed by atoms with van der Waals surface area (Å²) in [5, 5.41) is 10.1. The van der Waals surface area contributed by atoms with Gasteiger partial charge in [-0.15, -0.1) is 0 Å². The molecule has 0 spiro atoms. The van der Waals surface area contributed by atoms with E-state index in [9.17, 15) is 9.90 Å². The highest BCUT2D eigenvalue weighted by Gasteiger charge is 2.63. The molecule has 0 aromatic heterocycles. The molecular formula is C26H31NO3. The molecule has 2 fully saturated rings. The normalized spacial score (nSPS) is 34.8. The Balaban J connectivity index is 1.41. The smallest absolute Gasteiger partial charge is 0.316 e. The third-order valence-electron chi connectivity index (χ3n) is 8.51. The Kier molecular flexibility index (Phi) is 4.48. The third-order valence-corrected chi connectivity index (χ3v) is 8.51. The average Bonchev–Trinajstić information content (AvgIpc) is 3.48. The summed E-state index contributed by atoms with van der Waals surface area (Å²) in [7, 11) is 1.50. The second-order valence-corrected chi connectivity index (χ2v) is 9.79. The van der Waals surface area contributed by atoms with Crippen LogP contribution in [-0.2, 0) is 26.8 Å². The van der Waals surface area contributed by atoms with Gasteiger partial charge in [0, 0.05) is 12.6 Å². The van der Waals surface area contributed by atoms with Crippen molar-refractivity contribution in [3.63, 3.8) is 0 Å². The van der Waals surface area contributed by atoms with E-state index < -0.39 is 5.41 Å². The first-order valence-electron chi connectivity index (χ1n) is 11.1. The van der Waals surface area contributed by atoms with E-state index in [2.05, 4.69) is 36.9 Å². The van der Waals surface area contributed by atoms with Gasteiger partial charge in [0.2, 0.25) is 0 Å². The van der Waals surface area contributed by atoms with Crippen LogP contribution in [0.3, 0.4) is 0 Å². The van der Waals surface area contributed by atoms with Gasteiger partial charge < -0.3 is 9.84 Å². The van der Waals surface area contributed by atoms with Crippen molar-refractivity contribution in [1.29, 1.82) is 0 Å². The molecule has 2 aromatic carbocycles. The monoisotopic (exact) mass is 405 g/mol. The zero-order chi connectivity index (χ0) is 21.1. The Hall–Kier alpha value is -2.33. The maximum atomic E-state index is 12.8. The first-order valence-corrected chi connectivity index (χ1v) is 11.1. The lowest BCUT2D eigenvalue weighted by molar-refractivity contribution is -0.144. The van der Waals surface area contributed by atoms with Crippen molar-refractivity contribution in [2.24, 2.45) is 11.8 Å². The quantitative estimate of drug-likeness (QED) is 0.780. The van der Waals surface area contributed by atoms with Gasteiger partial charge in [0.25, 0.3) is 0 Å². The molecule has 5 rings (SSSR count). The number of ether oxygens (including phenoxy) is 1. The highest BCUT2D eigenvalue weighted by molar-refractivity contribution is 5.87. The summed E-state index contributed by atoms with van der Waals surface area (Å²) in [6, 6.07) is 16.5. The van der Waals surface area contributed by atoms with Crippen LogP contribution in [-0.4, -0.2) is 42.2 Å². The average molecular weight is 406 g/mol. The Morgan fingerprint density at radius 3 is 2.73 bits per heavy atom. The lowest BCUT2D eigenvalue weighted by atomic mass is 9.59. The number of carbonyl (C=O) groups is 1. The zero-order valence-corrected chi connectivity index (χ0v) is 18.1. The maximum Gasteiger partial charge on any atom is 0.316 e. The second kappa shape index (κ2) is 6.84. The zero-order valence-electron chi connectivity index (χ0n) is 18.1. The van der Waals surface area contributed by atoms with Crippen LogP contribution < -0.4 is 0 Å². The molecule has 1 aliphatic heterocycles. The van der Waals surface area contributed by atoms with Crippen molar-refractivity contribution in [3.8, 4) is 5.75 Å². The number of fused-ring (bicyclic) bond motifs is 4. The van der Waals surface area contributed by atoms with Gasteiger partial charge in [0.15, 0.2) is 0 Å². The number of methoxy groups -OCH3 is 1. The van der Waals surface area contributed by atoms with E-state index in [1.807, 2.05) is 30.3 Å². The summed E-state index contributed by atoms with van der Waals surface area (Å²) in [5.74, 6) is 1.07. The van der Waals surface area contributed by atoms with Crippen LogP contribution in [0.25, 0.3) is 0 Å². The van der Waals surface area contributed by atoms with Crippen LogP contribution in [0.5, 0.6) is 5.75 Å². The fourth-order valence-corrected chi connectivity index (χ4v) is 6.39. The molecule has 158 valence electrons. The van der Waals surface area contributed by atoms with Gasteiger partial charge in [-0.3, -0.25) is 9.69 Å². The molecule has 30 heavy (non-hydrogen) atoms. The number of rotatable bonds is 4. The van der Waals surface area contributed by atoms with E-state index in [0.29, 0.717) is 23.6 Å². The number of phenolic OH excluding ortho intramolecular Hbond substituents is 1. The van der Waals surface area contributed by atoms with Crippen LogP contribution in [0, 0.1) is 11.8 Å². The SMILES string of the molecule is COC(=O)[C@]1(c2ccccc2)C[C@@H]1CN1CC[C@@]2(C)c3cc(O)ccc3C[C@H]1[C@H]2C. The fraction of sp³-hybridized carbons (Fsp3) is 0.500. The lowest BCUT2D eigenvalue weighted by Crippen LogP contribution is -2.58. The molecule has 2 aliphatic carbocycles. The summed E-state index contributed by atoms with van der Waals surface area (Å²) in [6.07, 6.45) is 2.95. The number of benzene rings is 2. The van der Waals surface area contributed by atoms with Gasteiger partial charge in [-0.1, -0.05) is 50.2 Å². The molecular weight excluding hydrogens is 374 g/mol. The standard InChI is InChI=1S/C26H31NO3/c1-17-23-13-18-9-10-21(28)14-22(18)25(17,2)11-12-27(23)16-20-15-26(20,24(29)30-3)19-7-5-4-6-8-19/h4-10,14,17,20,23,28H,11-13,15-16H2,1-3H3/t17-,20-,23+,25-,26+/m1/s1. The minimum atomic E-state index is -0.488. The molecule has 5 atom stereocenters. The van der Waals surface area contributed by atoms with Crippen molar-refractivity contribution in [2.75, 3.05) is 20.2 Å². The molecule has 2 bridgehead atoms. The van der Waals surface area contributed by atoms with E-state index in [4.69, 9.17) is 4.74 Å². The number of hydrogen-bond acceptors (Lipinski definition) is 4. The van der Waals surface area contributed by atoms with Crippen molar-refractivity contribution < 1.29 is 14.6 Å². The summed E-state index contributed by atoms with van der Waals surface area (Å²) < 4.78 is 5.25. The molecule has 0 unspecified atom stereocenters.